The number of ether oxygens (including phenoxy) is 1. The molecule has 0 aliphatic carbocycles. The number of aliphatic carboxylic acids is 1. The van der Waals surface area contributed by atoms with Crippen LogP contribution in [0.2, 0.25) is 0 Å². The molecule has 0 radical (unpaired) electrons. The largest absolute Gasteiger partial charge is 0.508 e. The van der Waals surface area contributed by atoms with Crippen molar-refractivity contribution in [2.75, 3.05) is 0 Å². The van der Waals surface area contributed by atoms with Crippen molar-refractivity contribution >= 4 is 5.97 Å². The molecular weight excluding hydrogens is 326 g/mol. The monoisotopic (exact) mass is 343 g/mol. The molecule has 10 nitrogen and oxygen atoms in total. The number of carboxylic acids is 1. The number of nitriles is 1. The average molecular weight is 343 g/mol. The lowest BCUT2D eigenvalue weighted by Crippen LogP contribution is -2.59. The van der Waals surface area contributed by atoms with Crippen LogP contribution in [-0.4, -0.2) is 72.4 Å². The summed E-state index contributed by atoms with van der Waals surface area (Å²) in [6.45, 7) is 0. The minimum atomic E-state index is -1.81. The zero-order valence-corrected chi connectivity index (χ0v) is 12.2. The molecule has 1 aliphatic rings. The number of nitrogens with zero attached hydrogens (tertiary/aromatic N) is 1. The molecule has 0 bridgehead atoms. The Hall–Kier alpha value is -2.26. The molecule has 0 aromatic heterocycles. The van der Waals surface area contributed by atoms with E-state index in [2.05, 4.69) is 4.74 Å². The molecule has 10 heteroatoms. The summed E-state index contributed by atoms with van der Waals surface area (Å²) in [4.78, 5) is 10.4. The molecule has 1 aromatic carbocycles. The zero-order chi connectivity index (χ0) is 18.4. The van der Waals surface area contributed by atoms with Crippen LogP contribution in [0.5, 0.6) is 5.75 Å². The van der Waals surface area contributed by atoms with Crippen molar-refractivity contribution in [1.29, 1.82) is 5.26 Å². The lowest BCUT2D eigenvalue weighted by atomic mass is 9.99. The van der Waals surface area contributed by atoms with Gasteiger partial charge < -0.3 is 40.5 Å². The molecule has 1 fully saturated rings. The summed E-state index contributed by atoms with van der Waals surface area (Å²) < 4.78 is 4.34. The van der Waals surface area contributed by atoms with Crippen LogP contribution in [0.3, 0.4) is 0 Å². The van der Waals surface area contributed by atoms with Crippen LogP contribution in [0, 0.1) is 11.3 Å². The quantitative estimate of drug-likeness (QED) is 0.290. The molecule has 1 aliphatic heterocycles. The maximum atomic E-state index is 10.4. The van der Waals surface area contributed by atoms with E-state index < -0.39 is 42.8 Å². The summed E-state index contributed by atoms with van der Waals surface area (Å²) in [6.07, 6.45) is -9.82. The van der Waals surface area contributed by atoms with Gasteiger partial charge in [-0.2, -0.15) is 5.26 Å². The Kier molecular flexibility index (Phi) is 7.05. The van der Waals surface area contributed by atoms with Crippen LogP contribution in [-0.2, 0) is 9.53 Å². The van der Waals surface area contributed by atoms with Crippen LogP contribution in [0.25, 0.3) is 0 Å². The van der Waals surface area contributed by atoms with E-state index >= 15 is 0 Å². The minimum Gasteiger partial charge on any atom is -0.508 e. The van der Waals surface area contributed by atoms with Crippen molar-refractivity contribution in [3.8, 4) is 11.8 Å². The first-order valence-corrected chi connectivity index (χ1v) is 6.66. The number of hydrogen-bond acceptors (Lipinski definition) is 9. The second-order valence-electron chi connectivity index (χ2n) is 4.88. The normalized spacial score (nSPS) is 30.4. The summed E-state index contributed by atoms with van der Waals surface area (Å²) in [5.41, 5.74) is 0.491. The molecule has 2 rings (SSSR count). The highest BCUT2D eigenvalue weighted by Crippen LogP contribution is 2.19. The Morgan fingerprint density at radius 2 is 1.62 bits per heavy atom. The van der Waals surface area contributed by atoms with Crippen molar-refractivity contribution in [3.63, 3.8) is 0 Å². The smallest absolute Gasteiger partial charge is 0.335 e. The number of benzene rings is 1. The van der Waals surface area contributed by atoms with E-state index in [1.165, 1.54) is 24.3 Å². The highest BCUT2D eigenvalue weighted by Gasteiger charge is 2.46. The fourth-order valence-electron chi connectivity index (χ4n) is 1.80. The third-order valence-corrected chi connectivity index (χ3v) is 3.16. The van der Waals surface area contributed by atoms with Crippen molar-refractivity contribution < 1.29 is 45.3 Å². The summed E-state index contributed by atoms with van der Waals surface area (Å²) in [5.74, 6) is -1.39. The molecule has 132 valence electrons. The van der Waals surface area contributed by atoms with E-state index in [-0.39, 0.29) is 5.75 Å². The number of hydrogen-bond donors (Lipinski definition) is 7. The molecule has 1 heterocycles. The lowest BCUT2D eigenvalue weighted by Gasteiger charge is -2.36. The molecule has 7 N–H and O–H groups in total. The van der Waals surface area contributed by atoms with Crippen molar-refractivity contribution in [3.05, 3.63) is 29.8 Å². The molecule has 6 atom stereocenters. The topological polar surface area (TPSA) is 192 Å². The van der Waals surface area contributed by atoms with Gasteiger partial charge in [0.15, 0.2) is 18.5 Å². The molecular formula is C14H17NO9. The lowest BCUT2D eigenvalue weighted by molar-refractivity contribution is -0.279. The van der Waals surface area contributed by atoms with E-state index in [0.717, 1.165) is 0 Å². The number of phenols is 1. The molecule has 0 spiro atoms. The molecule has 0 amide bonds. The second-order valence-corrected chi connectivity index (χ2v) is 4.88. The van der Waals surface area contributed by atoms with Gasteiger partial charge in [0.2, 0.25) is 0 Å². The molecule has 1 unspecified atom stereocenters. The van der Waals surface area contributed by atoms with Gasteiger partial charge in [0.25, 0.3) is 0 Å². The van der Waals surface area contributed by atoms with Crippen LogP contribution < -0.4 is 0 Å². The van der Waals surface area contributed by atoms with Crippen LogP contribution >= 0.6 is 0 Å². The van der Waals surface area contributed by atoms with Gasteiger partial charge in [-0.25, -0.2) is 4.79 Å². The van der Waals surface area contributed by atoms with E-state index in [1.807, 2.05) is 0 Å². The van der Waals surface area contributed by atoms with Gasteiger partial charge in [0.1, 0.15) is 24.1 Å². The van der Waals surface area contributed by atoms with Gasteiger partial charge in [-0.3, -0.25) is 0 Å². The van der Waals surface area contributed by atoms with Gasteiger partial charge in [-0.05, 0) is 17.7 Å². The Bertz CT molecular complexity index is 585. The van der Waals surface area contributed by atoms with Gasteiger partial charge in [0, 0.05) is 0 Å². The summed E-state index contributed by atoms with van der Waals surface area (Å²) in [6, 6.07) is 7.53. The number of rotatable bonds is 2. The average Bonchev–Trinajstić information content (AvgIpc) is 2.56. The Morgan fingerprint density at radius 3 is 2.08 bits per heavy atom. The van der Waals surface area contributed by atoms with E-state index in [9.17, 15) is 4.79 Å². The summed E-state index contributed by atoms with van der Waals surface area (Å²) >= 11 is 0. The van der Waals surface area contributed by atoms with Gasteiger partial charge in [-0.15, -0.1) is 0 Å². The van der Waals surface area contributed by atoms with E-state index in [1.54, 1.807) is 6.07 Å². The fourth-order valence-corrected chi connectivity index (χ4v) is 1.80. The van der Waals surface area contributed by atoms with Crippen LogP contribution in [0.15, 0.2) is 24.3 Å². The third kappa shape index (κ3) is 4.87. The Morgan fingerprint density at radius 1 is 1.08 bits per heavy atom. The van der Waals surface area contributed by atoms with Gasteiger partial charge in [0.05, 0.1) is 6.07 Å². The maximum Gasteiger partial charge on any atom is 0.335 e. The summed E-state index contributed by atoms with van der Waals surface area (Å²) in [7, 11) is 0. The van der Waals surface area contributed by atoms with Crippen molar-refractivity contribution in [2.24, 2.45) is 0 Å². The second kappa shape index (κ2) is 8.55. The predicted octanol–water partition coefficient (Wildman–Crippen LogP) is -2.18. The maximum absolute atomic E-state index is 10.4. The third-order valence-electron chi connectivity index (χ3n) is 3.16. The first-order chi connectivity index (χ1) is 11.2. The highest BCUT2D eigenvalue weighted by atomic mass is 16.6. The number of carboxylic acid groups (broad SMARTS) is 1. The molecule has 1 aromatic rings. The van der Waals surface area contributed by atoms with Crippen LogP contribution in [0.4, 0.5) is 0 Å². The number of aliphatic hydroxyl groups is 5. The van der Waals surface area contributed by atoms with Gasteiger partial charge in [-0.1, -0.05) is 12.1 Å². The first-order valence-electron chi connectivity index (χ1n) is 6.66. The number of aromatic hydroxyl groups is 1. The number of phenolic OH excluding ortho intramolecular Hbond substituents is 1. The standard InChI is InChI=1S/C8H7NO2.C6H10O7/c9-5-8(11)6-1-3-7(10)4-2-6;7-1-2(8)4(5(10)11)13-6(12)3(1)9/h1-4,8,10-11H;1-4,6-9,12H,(H,10,11)/t;1-,2-,3+,4-,6+/m.0/s1. The first kappa shape index (κ1) is 19.8. The van der Waals surface area contributed by atoms with E-state index in [0.29, 0.717) is 5.56 Å². The zero-order valence-electron chi connectivity index (χ0n) is 12.2. The molecule has 1 saturated heterocycles. The van der Waals surface area contributed by atoms with Crippen molar-refractivity contribution in [2.45, 2.75) is 36.8 Å². The molecule has 24 heavy (non-hydrogen) atoms. The number of aliphatic hydroxyl groups excluding tert-OH is 5. The van der Waals surface area contributed by atoms with Crippen molar-refractivity contribution in [1.82, 2.24) is 0 Å². The van der Waals surface area contributed by atoms with Crippen LogP contribution in [0.1, 0.15) is 11.7 Å². The fraction of sp³-hybridized carbons (Fsp3) is 0.429. The predicted molar refractivity (Wildman–Crippen MR) is 75.2 cm³/mol. The Balaban J connectivity index is 0.000000243. The molecule has 0 saturated carbocycles. The van der Waals surface area contributed by atoms with Gasteiger partial charge >= 0.3 is 5.97 Å². The minimum absolute atomic E-state index is 0.124. The Labute approximate surface area is 136 Å². The highest BCUT2D eigenvalue weighted by molar-refractivity contribution is 5.73. The SMILES string of the molecule is N#CC(O)c1ccc(O)cc1.O=C(O)[C@H]1O[C@@H](O)[C@H](O)[C@@H](O)[C@@H]1O. The van der Waals surface area contributed by atoms with E-state index in [4.69, 9.17) is 41.0 Å². The number of carbonyl (C=O) groups is 1. The summed E-state index contributed by atoms with van der Waals surface area (Å²) in [5, 5.41) is 70.5.